The fourth-order valence-corrected chi connectivity index (χ4v) is 6.50. The molecule has 41 heavy (non-hydrogen) atoms. The predicted octanol–water partition coefficient (Wildman–Crippen LogP) is 6.42. The van der Waals surface area contributed by atoms with Crippen molar-refractivity contribution in [3.63, 3.8) is 0 Å². The Bertz CT molecular complexity index is 1770. The zero-order chi connectivity index (χ0) is 28.5. The fraction of sp³-hybridized carbons (Fsp3) is 0.188. The average Bonchev–Trinajstić information content (AvgIpc) is 3.61. The number of hydrogen-bond donors (Lipinski definition) is 2. The summed E-state index contributed by atoms with van der Waals surface area (Å²) in [6, 6.07) is 22.6. The van der Waals surface area contributed by atoms with Crippen LogP contribution in [0.25, 0.3) is 32.9 Å². The van der Waals surface area contributed by atoms with Crippen molar-refractivity contribution < 1.29 is 23.9 Å². The molecule has 0 aliphatic heterocycles. The van der Waals surface area contributed by atoms with Crippen LogP contribution in [0.15, 0.2) is 72.8 Å². The maximum atomic E-state index is 13.5. The molecule has 0 saturated heterocycles. The molecule has 0 radical (unpaired) electrons. The molecule has 9 heteroatoms. The van der Waals surface area contributed by atoms with E-state index in [9.17, 15) is 14.4 Å². The van der Waals surface area contributed by atoms with Crippen LogP contribution in [-0.4, -0.2) is 41.0 Å². The van der Waals surface area contributed by atoms with Crippen molar-refractivity contribution in [1.29, 1.82) is 0 Å². The normalized spacial score (nSPS) is 12.7. The number of hydrogen-bond acceptors (Lipinski definition) is 7. The van der Waals surface area contributed by atoms with Gasteiger partial charge in [0.2, 0.25) is 0 Å². The van der Waals surface area contributed by atoms with E-state index in [2.05, 4.69) is 21.4 Å². The Hall–Kier alpha value is -4.76. The maximum Gasteiger partial charge on any atom is 0.341 e. The van der Waals surface area contributed by atoms with Crippen molar-refractivity contribution in [3.8, 4) is 21.8 Å². The lowest BCUT2D eigenvalue weighted by atomic mass is 9.89. The van der Waals surface area contributed by atoms with Crippen molar-refractivity contribution in [2.24, 2.45) is 0 Å². The van der Waals surface area contributed by atoms with Gasteiger partial charge in [0.05, 0.1) is 29.3 Å². The summed E-state index contributed by atoms with van der Waals surface area (Å²) >= 11 is 1.34. The number of anilines is 1. The smallest absolute Gasteiger partial charge is 0.341 e. The van der Waals surface area contributed by atoms with E-state index in [1.54, 1.807) is 25.1 Å². The molecule has 0 bridgehead atoms. The summed E-state index contributed by atoms with van der Waals surface area (Å²) in [7, 11) is 1.32. The monoisotopic (exact) mass is 565 g/mol. The van der Waals surface area contributed by atoms with Crippen LogP contribution >= 0.6 is 11.3 Å². The summed E-state index contributed by atoms with van der Waals surface area (Å²) in [4.78, 5) is 48.5. The summed E-state index contributed by atoms with van der Waals surface area (Å²) in [6.07, 6.45) is 0.611. The molecule has 8 nitrogen and oxygen atoms in total. The number of nitrogens with one attached hydrogen (secondary N) is 2. The van der Waals surface area contributed by atoms with Gasteiger partial charge in [-0.2, -0.15) is 0 Å². The lowest BCUT2D eigenvalue weighted by Crippen LogP contribution is -2.32. The number of aryl methyl sites for hydroxylation is 1. The highest BCUT2D eigenvalue weighted by Crippen LogP contribution is 2.45. The third kappa shape index (κ3) is 4.89. The number of aromatic nitrogens is 2. The zero-order valence-corrected chi connectivity index (χ0v) is 23.3. The molecule has 0 fully saturated rings. The zero-order valence-electron chi connectivity index (χ0n) is 22.5. The molecule has 2 heterocycles. The average molecular weight is 566 g/mol. The van der Waals surface area contributed by atoms with E-state index in [1.165, 1.54) is 24.0 Å². The molecule has 0 spiro atoms. The Morgan fingerprint density at radius 2 is 1.68 bits per heavy atom. The fourth-order valence-electron chi connectivity index (χ4n) is 5.20. The molecule has 5 aromatic rings. The second-order valence-electron chi connectivity index (χ2n) is 9.70. The summed E-state index contributed by atoms with van der Waals surface area (Å²) in [5.41, 5.74) is 5.94. The number of amides is 1. The number of esters is 2. The van der Waals surface area contributed by atoms with Crippen LogP contribution in [0.5, 0.6) is 0 Å². The third-order valence-corrected chi connectivity index (χ3v) is 8.42. The summed E-state index contributed by atoms with van der Waals surface area (Å²) in [5, 5.41) is 3.26. The van der Waals surface area contributed by atoms with E-state index in [0.717, 1.165) is 33.5 Å². The lowest BCUT2D eigenvalue weighted by molar-refractivity contribution is -0.124. The molecular weight excluding hydrogens is 538 g/mol. The molecule has 1 aliphatic carbocycles. The highest BCUT2D eigenvalue weighted by Gasteiger charge is 2.31. The SMILES string of the molecule is CCC(OC(=O)c1ccccc1-c1nc2ccccc2[nH]1)C(=O)Nc1sc2c(c1C(=O)OC)CCc1ccccc1-2. The van der Waals surface area contributed by atoms with Crippen LogP contribution in [0.1, 0.15) is 45.2 Å². The number of carbonyl (C=O) groups is 3. The van der Waals surface area contributed by atoms with Gasteiger partial charge in [0.1, 0.15) is 10.8 Å². The van der Waals surface area contributed by atoms with Crippen LogP contribution in [0, 0.1) is 0 Å². The van der Waals surface area contributed by atoms with Gasteiger partial charge in [-0.05, 0) is 54.2 Å². The number of H-pyrrole nitrogens is 1. The molecule has 0 saturated carbocycles. The van der Waals surface area contributed by atoms with Crippen LogP contribution in [-0.2, 0) is 27.1 Å². The Labute approximate surface area is 240 Å². The minimum absolute atomic E-state index is 0.242. The van der Waals surface area contributed by atoms with Gasteiger partial charge in [-0.25, -0.2) is 14.6 Å². The summed E-state index contributed by atoms with van der Waals surface area (Å²) < 4.78 is 10.8. The van der Waals surface area contributed by atoms with E-state index in [0.29, 0.717) is 28.4 Å². The molecular formula is C32H27N3O5S. The van der Waals surface area contributed by atoms with Crippen molar-refractivity contribution in [2.75, 3.05) is 12.4 Å². The molecule has 1 atom stereocenters. The molecule has 1 amide bonds. The van der Waals surface area contributed by atoms with Crippen LogP contribution in [0.3, 0.4) is 0 Å². The highest BCUT2D eigenvalue weighted by molar-refractivity contribution is 7.20. The Kier molecular flexibility index (Phi) is 7.11. The van der Waals surface area contributed by atoms with Gasteiger partial charge >= 0.3 is 11.9 Å². The number of carbonyl (C=O) groups excluding carboxylic acids is 3. The number of benzene rings is 3. The quantitative estimate of drug-likeness (QED) is 0.221. The summed E-state index contributed by atoms with van der Waals surface area (Å²) in [6.45, 7) is 1.76. The number of fused-ring (bicyclic) bond motifs is 4. The number of para-hydroxylation sites is 2. The second-order valence-corrected chi connectivity index (χ2v) is 10.7. The maximum absolute atomic E-state index is 13.5. The van der Waals surface area contributed by atoms with E-state index in [4.69, 9.17) is 9.47 Å². The van der Waals surface area contributed by atoms with Gasteiger partial charge in [-0.15, -0.1) is 11.3 Å². The van der Waals surface area contributed by atoms with E-state index in [-0.39, 0.29) is 12.0 Å². The minimum Gasteiger partial charge on any atom is -0.465 e. The number of methoxy groups -OCH3 is 1. The molecule has 206 valence electrons. The number of aromatic amines is 1. The number of rotatable bonds is 7. The van der Waals surface area contributed by atoms with Crippen LogP contribution in [0.4, 0.5) is 5.00 Å². The summed E-state index contributed by atoms with van der Waals surface area (Å²) in [5.74, 6) is -1.14. The first-order valence-electron chi connectivity index (χ1n) is 13.4. The lowest BCUT2D eigenvalue weighted by Gasteiger charge is -2.17. The van der Waals surface area contributed by atoms with E-state index >= 15 is 0 Å². The van der Waals surface area contributed by atoms with Gasteiger partial charge < -0.3 is 19.8 Å². The molecule has 6 rings (SSSR count). The number of imidazole rings is 1. The molecule has 3 aromatic carbocycles. The van der Waals surface area contributed by atoms with Gasteiger partial charge in [0, 0.05) is 10.4 Å². The second kappa shape index (κ2) is 11.0. The number of thiophene rings is 1. The Balaban J connectivity index is 1.27. The van der Waals surface area contributed by atoms with Crippen molar-refractivity contribution >= 4 is 45.2 Å². The first kappa shape index (κ1) is 26.5. The van der Waals surface area contributed by atoms with Gasteiger partial charge in [-0.3, -0.25) is 4.79 Å². The van der Waals surface area contributed by atoms with Crippen molar-refractivity contribution in [3.05, 3.63) is 95.1 Å². The third-order valence-electron chi connectivity index (χ3n) is 7.24. The van der Waals surface area contributed by atoms with Gasteiger partial charge in [0.25, 0.3) is 5.91 Å². The largest absolute Gasteiger partial charge is 0.465 e. The molecule has 2 N–H and O–H groups in total. The van der Waals surface area contributed by atoms with Crippen molar-refractivity contribution in [1.82, 2.24) is 9.97 Å². The van der Waals surface area contributed by atoms with E-state index in [1.807, 2.05) is 48.5 Å². The highest BCUT2D eigenvalue weighted by atomic mass is 32.1. The Morgan fingerprint density at radius 3 is 2.46 bits per heavy atom. The van der Waals surface area contributed by atoms with Crippen LogP contribution < -0.4 is 5.32 Å². The minimum atomic E-state index is -1.08. The predicted molar refractivity (Wildman–Crippen MR) is 158 cm³/mol. The number of nitrogens with zero attached hydrogens (tertiary/aromatic N) is 1. The standard InChI is InChI=1S/C32H27N3O5S/c1-3-25(40-31(37)21-13-7-6-12-20(21)28-33-23-14-8-9-15-24(23)34-28)29(36)35-30-26(32(38)39-2)22-17-16-18-10-4-5-11-19(18)27(22)41-30/h4-15,25H,3,16-17H2,1-2H3,(H,33,34)(H,35,36). The van der Waals surface area contributed by atoms with Crippen LogP contribution in [0.2, 0.25) is 0 Å². The first-order valence-corrected chi connectivity index (χ1v) is 14.2. The van der Waals surface area contributed by atoms with Crippen molar-refractivity contribution in [2.45, 2.75) is 32.3 Å². The molecule has 1 aliphatic rings. The van der Waals surface area contributed by atoms with Gasteiger partial charge in [-0.1, -0.05) is 61.5 Å². The molecule has 2 aromatic heterocycles. The van der Waals surface area contributed by atoms with Gasteiger partial charge in [0.15, 0.2) is 6.10 Å². The van der Waals surface area contributed by atoms with E-state index < -0.39 is 23.9 Å². The first-order chi connectivity index (χ1) is 20.0. The molecule has 1 unspecified atom stereocenters. The number of ether oxygens (including phenoxy) is 2. The Morgan fingerprint density at radius 1 is 0.951 bits per heavy atom. The topological polar surface area (TPSA) is 110 Å².